The minimum Gasteiger partial charge on any atom is -0.476 e. The number of carbonyl (C=O) groups is 1. The minimum absolute atomic E-state index is 0.139. The molecule has 0 saturated carbocycles. The molecule has 0 atom stereocenters. The molecule has 0 aromatic carbocycles. The van der Waals surface area contributed by atoms with Gasteiger partial charge in [-0.2, -0.15) is 0 Å². The van der Waals surface area contributed by atoms with Gasteiger partial charge in [0.25, 0.3) is 0 Å². The first-order chi connectivity index (χ1) is 5.25. The molecule has 1 aromatic heterocycles. The molecule has 1 rings (SSSR count). The molecule has 11 heavy (non-hydrogen) atoms. The predicted octanol–water partition coefficient (Wildman–Crippen LogP) is 0.708. The lowest BCUT2D eigenvalue weighted by molar-refractivity contribution is 0.0685. The van der Waals surface area contributed by atoms with Crippen LogP contribution in [0.2, 0.25) is 0 Å². The molecule has 1 aromatic rings. The fourth-order valence-corrected chi connectivity index (χ4v) is 0.513. The lowest BCUT2D eigenvalue weighted by atomic mass is 10.3. The Morgan fingerprint density at radius 1 is 1.64 bits per heavy atom. The molecule has 0 fully saturated rings. The molecule has 1 heterocycles. The van der Waals surface area contributed by atoms with Crippen molar-refractivity contribution in [2.24, 2.45) is 0 Å². The van der Waals surface area contributed by atoms with Gasteiger partial charge in [0.1, 0.15) is 5.69 Å². The van der Waals surface area contributed by atoms with Crippen molar-refractivity contribution in [1.29, 1.82) is 0 Å². The fourth-order valence-electron chi connectivity index (χ4n) is 0.513. The third-order valence-corrected chi connectivity index (χ3v) is 0.937. The molecular weight excluding hydrogens is 155 g/mol. The van der Waals surface area contributed by atoms with E-state index >= 15 is 0 Å². The molecule has 0 radical (unpaired) electrons. The number of nitrogens with zero attached hydrogens (tertiary/aromatic N) is 2. The zero-order chi connectivity index (χ0) is 8.27. The summed E-state index contributed by atoms with van der Waals surface area (Å²) in [6.45, 7) is 0. The van der Waals surface area contributed by atoms with Gasteiger partial charge in [0.15, 0.2) is 0 Å². The number of rotatable bonds is 2. The van der Waals surface area contributed by atoms with E-state index in [-0.39, 0.29) is 12.0 Å². The Kier molecular flexibility index (Phi) is 1.95. The van der Waals surface area contributed by atoms with Crippen molar-refractivity contribution in [3.05, 3.63) is 17.7 Å². The molecule has 0 aliphatic rings. The van der Waals surface area contributed by atoms with Crippen molar-refractivity contribution in [1.82, 2.24) is 10.3 Å². The summed E-state index contributed by atoms with van der Waals surface area (Å²) in [6.07, 6.45) is 1.01. The summed E-state index contributed by atoms with van der Waals surface area (Å²) in [5.74, 6) is -1.31. The van der Waals surface area contributed by atoms with Crippen molar-refractivity contribution < 1.29 is 18.9 Å². The molecule has 0 bridgehead atoms. The largest absolute Gasteiger partial charge is 0.476 e. The van der Waals surface area contributed by atoms with Crippen LogP contribution in [0.5, 0.6) is 0 Å². The van der Waals surface area contributed by atoms with Gasteiger partial charge in [-0.3, -0.25) is 0 Å². The van der Waals surface area contributed by atoms with Crippen LogP contribution >= 0.6 is 0 Å². The van der Waals surface area contributed by atoms with Gasteiger partial charge in [-0.1, -0.05) is 0 Å². The van der Waals surface area contributed by atoms with Crippen LogP contribution in [0.1, 0.15) is 16.2 Å². The second kappa shape index (κ2) is 2.91. The first-order valence-corrected chi connectivity index (χ1v) is 2.58. The Morgan fingerprint density at radius 3 is 2.91 bits per heavy atom. The van der Waals surface area contributed by atoms with Gasteiger partial charge in [-0.25, -0.2) is 13.8 Å². The Morgan fingerprint density at radius 2 is 2.36 bits per heavy atom. The Balaban J connectivity index is 3.05. The zero-order valence-corrected chi connectivity index (χ0v) is 5.19. The van der Waals surface area contributed by atoms with Gasteiger partial charge in [0, 0.05) is 0 Å². The van der Waals surface area contributed by atoms with Gasteiger partial charge < -0.3 is 5.11 Å². The SMILES string of the molecule is O=C(O)c1nonc1/C=C\F. The maximum absolute atomic E-state index is 11.5. The number of carboxylic acid groups (broad SMARTS) is 1. The van der Waals surface area contributed by atoms with E-state index in [1.165, 1.54) is 0 Å². The molecule has 0 aliphatic heterocycles. The average molecular weight is 158 g/mol. The molecule has 0 amide bonds. The predicted molar refractivity (Wildman–Crippen MR) is 31.4 cm³/mol. The van der Waals surface area contributed by atoms with E-state index < -0.39 is 11.7 Å². The first-order valence-electron chi connectivity index (χ1n) is 2.58. The van der Waals surface area contributed by atoms with E-state index in [4.69, 9.17) is 5.11 Å². The second-order valence-corrected chi connectivity index (χ2v) is 1.60. The molecule has 0 spiro atoms. The number of hydrogen-bond donors (Lipinski definition) is 1. The van der Waals surface area contributed by atoms with Crippen molar-refractivity contribution in [3.63, 3.8) is 0 Å². The minimum atomic E-state index is -1.31. The van der Waals surface area contributed by atoms with E-state index in [9.17, 15) is 9.18 Å². The van der Waals surface area contributed by atoms with Crippen molar-refractivity contribution >= 4 is 12.0 Å². The third-order valence-electron chi connectivity index (χ3n) is 0.937. The zero-order valence-electron chi connectivity index (χ0n) is 5.19. The van der Waals surface area contributed by atoms with Gasteiger partial charge in [0.2, 0.25) is 5.69 Å². The number of hydrogen-bond acceptors (Lipinski definition) is 4. The fraction of sp³-hybridized carbons (Fsp3) is 0. The van der Waals surface area contributed by atoms with Crippen molar-refractivity contribution in [3.8, 4) is 0 Å². The third kappa shape index (κ3) is 1.40. The second-order valence-electron chi connectivity index (χ2n) is 1.60. The maximum atomic E-state index is 11.5. The van der Waals surface area contributed by atoms with Gasteiger partial charge in [-0.05, 0) is 16.4 Å². The van der Waals surface area contributed by atoms with Gasteiger partial charge in [-0.15, -0.1) is 0 Å². The van der Waals surface area contributed by atoms with Gasteiger partial charge in [0.05, 0.1) is 6.33 Å². The van der Waals surface area contributed by atoms with Crippen LogP contribution in [-0.2, 0) is 0 Å². The number of aromatic nitrogens is 2. The van der Waals surface area contributed by atoms with E-state index in [2.05, 4.69) is 14.9 Å². The molecule has 6 heteroatoms. The van der Waals surface area contributed by atoms with E-state index in [0.29, 0.717) is 0 Å². The van der Waals surface area contributed by atoms with Crippen molar-refractivity contribution in [2.75, 3.05) is 0 Å². The normalized spacial score (nSPS) is 10.6. The number of carboxylic acids is 1. The van der Waals surface area contributed by atoms with Gasteiger partial charge >= 0.3 is 5.97 Å². The average Bonchev–Trinajstić information content (AvgIpc) is 2.36. The van der Waals surface area contributed by atoms with Crippen LogP contribution in [0.25, 0.3) is 6.08 Å². The highest BCUT2D eigenvalue weighted by Gasteiger charge is 2.14. The summed E-state index contributed by atoms with van der Waals surface area (Å²) in [6, 6.07) is 0. The quantitative estimate of drug-likeness (QED) is 0.685. The van der Waals surface area contributed by atoms with Crippen LogP contribution in [-0.4, -0.2) is 21.4 Å². The summed E-state index contributed by atoms with van der Waals surface area (Å²) in [5.41, 5.74) is -0.543. The van der Waals surface area contributed by atoms with E-state index in [1.54, 1.807) is 0 Å². The number of aromatic carboxylic acids is 1. The standard InChI is InChI=1S/C5H3FN2O3/c6-2-1-3-4(5(9)10)8-11-7-3/h1-2H,(H,9,10)/b2-1-. The Bertz CT molecular complexity index is 294. The van der Waals surface area contributed by atoms with Crippen LogP contribution in [0, 0.1) is 0 Å². The summed E-state index contributed by atoms with van der Waals surface area (Å²) in [4.78, 5) is 10.2. The smallest absolute Gasteiger partial charge is 0.360 e. The highest BCUT2D eigenvalue weighted by molar-refractivity contribution is 5.88. The topological polar surface area (TPSA) is 76.2 Å². The van der Waals surface area contributed by atoms with Crippen molar-refractivity contribution in [2.45, 2.75) is 0 Å². The molecule has 5 nitrogen and oxygen atoms in total. The maximum Gasteiger partial charge on any atom is 0.360 e. The molecule has 1 N–H and O–H groups in total. The highest BCUT2D eigenvalue weighted by Crippen LogP contribution is 2.04. The molecule has 0 aliphatic carbocycles. The Labute approximate surface area is 60.1 Å². The summed E-state index contributed by atoms with van der Waals surface area (Å²) >= 11 is 0. The summed E-state index contributed by atoms with van der Waals surface area (Å²) < 4.78 is 15.6. The molecular formula is C5H3FN2O3. The first kappa shape index (κ1) is 7.39. The summed E-state index contributed by atoms with van der Waals surface area (Å²) in [5, 5.41) is 14.5. The van der Waals surface area contributed by atoms with Crippen LogP contribution in [0.15, 0.2) is 11.0 Å². The van der Waals surface area contributed by atoms with Crippen LogP contribution in [0.4, 0.5) is 4.39 Å². The van der Waals surface area contributed by atoms with Crippen LogP contribution in [0.3, 0.4) is 0 Å². The number of halogens is 1. The van der Waals surface area contributed by atoms with E-state index in [0.717, 1.165) is 6.08 Å². The Hall–Kier alpha value is -1.72. The van der Waals surface area contributed by atoms with Crippen LogP contribution < -0.4 is 0 Å². The lowest BCUT2D eigenvalue weighted by Gasteiger charge is -1.81. The van der Waals surface area contributed by atoms with E-state index in [1.807, 2.05) is 0 Å². The monoisotopic (exact) mass is 158 g/mol. The highest BCUT2D eigenvalue weighted by atomic mass is 19.1. The molecule has 0 unspecified atom stereocenters. The summed E-state index contributed by atoms with van der Waals surface area (Å²) in [7, 11) is 0. The molecule has 58 valence electrons. The lowest BCUT2D eigenvalue weighted by Crippen LogP contribution is -1.98. The molecule has 0 saturated heterocycles.